The summed E-state index contributed by atoms with van der Waals surface area (Å²) in [5.41, 5.74) is 0. The fourth-order valence-electron chi connectivity index (χ4n) is 1.63. The molecule has 1 aliphatic rings. The molecule has 0 spiro atoms. The van der Waals surface area contributed by atoms with Crippen LogP contribution >= 0.6 is 15.9 Å². The zero-order valence-corrected chi connectivity index (χ0v) is 12.5. The third kappa shape index (κ3) is 3.23. The first kappa shape index (κ1) is 14.2. The summed E-state index contributed by atoms with van der Waals surface area (Å²) in [5, 5.41) is 0. The van der Waals surface area contributed by atoms with Crippen molar-refractivity contribution in [3.05, 3.63) is 22.8 Å². The van der Waals surface area contributed by atoms with Gasteiger partial charge in [0, 0.05) is 10.7 Å². The van der Waals surface area contributed by atoms with E-state index in [9.17, 15) is 13.2 Å². The van der Waals surface area contributed by atoms with Gasteiger partial charge in [-0.2, -0.15) is 8.42 Å². The molecule has 0 aliphatic carbocycles. The number of hydrogen-bond acceptors (Lipinski definition) is 6. The minimum absolute atomic E-state index is 0.361. The summed E-state index contributed by atoms with van der Waals surface area (Å²) < 4.78 is 32.5. The van der Waals surface area contributed by atoms with Crippen molar-refractivity contribution in [3.8, 4) is 0 Å². The van der Waals surface area contributed by atoms with Crippen LogP contribution in [0.4, 0.5) is 10.6 Å². The van der Waals surface area contributed by atoms with Crippen LogP contribution in [0.2, 0.25) is 0 Å². The van der Waals surface area contributed by atoms with E-state index in [2.05, 4.69) is 20.9 Å². The Kier molecular flexibility index (Phi) is 3.79. The summed E-state index contributed by atoms with van der Waals surface area (Å²) in [6.45, 7) is 1.62. The molecule has 1 aromatic heterocycles. The molecule has 1 amide bonds. The number of hydrogen-bond donors (Lipinski definition) is 0. The van der Waals surface area contributed by atoms with E-state index in [1.165, 1.54) is 11.1 Å². The number of ether oxygens (including phenoxy) is 1. The van der Waals surface area contributed by atoms with Gasteiger partial charge in [0.15, 0.2) is 0 Å². The molecular weight excluding hydrogens is 340 g/mol. The number of amides is 1. The zero-order valence-electron chi connectivity index (χ0n) is 10.1. The number of rotatable bonds is 3. The predicted octanol–water partition coefficient (Wildman–Crippen LogP) is 1.49. The largest absolute Gasteiger partial charge is 0.418 e. The molecule has 0 N–H and O–H groups in total. The second kappa shape index (κ2) is 5.06. The van der Waals surface area contributed by atoms with Gasteiger partial charge in [0.2, 0.25) is 6.29 Å². The normalized spacial score (nSPS) is 23.5. The molecule has 19 heavy (non-hydrogen) atoms. The van der Waals surface area contributed by atoms with Crippen LogP contribution in [-0.2, 0) is 19.0 Å². The topological polar surface area (TPSA) is 85.8 Å². The monoisotopic (exact) mass is 350 g/mol. The molecule has 1 aliphatic heterocycles. The second-order valence-corrected chi connectivity index (χ2v) is 6.51. The maximum Gasteiger partial charge on any atom is 0.418 e. The third-order valence-electron chi connectivity index (χ3n) is 2.44. The number of nitrogens with zero attached hydrogens (tertiary/aromatic N) is 2. The molecule has 1 aromatic rings. The standard InChI is InChI=1S/C10H11BrN2O5S/c1-6-9(18-19(2,15)16)17-10(14)13(6)8-4-3-7(11)5-12-8/h3-6,9H,1-2H3/t6?,9-/m1/s1. The van der Waals surface area contributed by atoms with Crippen molar-refractivity contribution in [1.29, 1.82) is 0 Å². The molecule has 7 nitrogen and oxygen atoms in total. The van der Waals surface area contributed by atoms with E-state index in [4.69, 9.17) is 8.92 Å². The van der Waals surface area contributed by atoms with Crippen LogP contribution in [-0.4, -0.2) is 38.1 Å². The predicted molar refractivity (Wildman–Crippen MR) is 70.1 cm³/mol. The molecule has 9 heteroatoms. The van der Waals surface area contributed by atoms with Gasteiger partial charge >= 0.3 is 6.09 Å². The van der Waals surface area contributed by atoms with Gasteiger partial charge in [-0.25, -0.2) is 14.0 Å². The lowest BCUT2D eigenvalue weighted by molar-refractivity contribution is -0.00472. The quantitative estimate of drug-likeness (QED) is 0.767. The molecule has 2 heterocycles. The van der Waals surface area contributed by atoms with Gasteiger partial charge in [-0.1, -0.05) is 0 Å². The van der Waals surface area contributed by atoms with Crippen molar-refractivity contribution in [1.82, 2.24) is 4.98 Å². The number of carbonyl (C=O) groups excluding carboxylic acids is 1. The molecule has 1 saturated heterocycles. The average Bonchev–Trinajstić information content (AvgIpc) is 2.54. The van der Waals surface area contributed by atoms with E-state index >= 15 is 0 Å². The summed E-state index contributed by atoms with van der Waals surface area (Å²) in [6.07, 6.45) is 0.553. The molecule has 0 aromatic carbocycles. The summed E-state index contributed by atoms with van der Waals surface area (Å²) >= 11 is 3.23. The first-order valence-corrected chi connectivity index (χ1v) is 7.88. The number of cyclic esters (lactones) is 1. The molecule has 2 atom stereocenters. The maximum absolute atomic E-state index is 11.7. The van der Waals surface area contributed by atoms with Gasteiger partial charge in [-0.05, 0) is 35.0 Å². The molecule has 1 fully saturated rings. The highest BCUT2D eigenvalue weighted by molar-refractivity contribution is 9.10. The minimum Gasteiger partial charge on any atom is -0.416 e. The molecule has 0 radical (unpaired) electrons. The van der Waals surface area contributed by atoms with E-state index in [0.29, 0.717) is 5.82 Å². The van der Waals surface area contributed by atoms with E-state index in [-0.39, 0.29) is 0 Å². The summed E-state index contributed by atoms with van der Waals surface area (Å²) in [4.78, 5) is 17.0. The third-order valence-corrected chi connectivity index (χ3v) is 3.45. The van der Waals surface area contributed by atoms with Crippen LogP contribution in [0, 0.1) is 0 Å². The highest BCUT2D eigenvalue weighted by Crippen LogP contribution is 2.27. The van der Waals surface area contributed by atoms with Gasteiger partial charge in [-0.15, -0.1) is 0 Å². The Morgan fingerprint density at radius 1 is 1.47 bits per heavy atom. The van der Waals surface area contributed by atoms with Crippen LogP contribution in [0.15, 0.2) is 22.8 Å². The van der Waals surface area contributed by atoms with Crippen molar-refractivity contribution in [3.63, 3.8) is 0 Å². The van der Waals surface area contributed by atoms with Crippen molar-refractivity contribution in [2.24, 2.45) is 0 Å². The van der Waals surface area contributed by atoms with E-state index < -0.39 is 28.5 Å². The second-order valence-electron chi connectivity index (χ2n) is 4.00. The number of halogens is 1. The fourth-order valence-corrected chi connectivity index (χ4v) is 2.41. The van der Waals surface area contributed by atoms with Gasteiger partial charge in [0.05, 0.1) is 6.26 Å². The molecular formula is C10H11BrN2O5S. The lowest BCUT2D eigenvalue weighted by atomic mass is 10.3. The Labute approximate surface area is 118 Å². The molecule has 2 rings (SSSR count). The number of pyridine rings is 1. The lowest BCUT2D eigenvalue weighted by Gasteiger charge is -2.18. The van der Waals surface area contributed by atoms with Crippen LogP contribution in [0.3, 0.4) is 0 Å². The van der Waals surface area contributed by atoms with Crippen LogP contribution in [0.1, 0.15) is 6.92 Å². The summed E-state index contributed by atoms with van der Waals surface area (Å²) in [6, 6.07) is 2.73. The molecule has 104 valence electrons. The Bertz CT molecular complexity index is 588. The van der Waals surface area contributed by atoms with Gasteiger partial charge in [0.25, 0.3) is 10.1 Å². The Morgan fingerprint density at radius 3 is 2.68 bits per heavy atom. The van der Waals surface area contributed by atoms with Crippen molar-refractivity contribution in [2.45, 2.75) is 19.3 Å². The Hall–Kier alpha value is -1.19. The van der Waals surface area contributed by atoms with E-state index in [0.717, 1.165) is 10.7 Å². The number of anilines is 1. The highest BCUT2D eigenvalue weighted by Gasteiger charge is 2.43. The van der Waals surface area contributed by atoms with E-state index in [1.807, 2.05) is 0 Å². The van der Waals surface area contributed by atoms with Crippen molar-refractivity contribution < 1.29 is 22.1 Å². The highest BCUT2D eigenvalue weighted by atomic mass is 79.9. The van der Waals surface area contributed by atoms with E-state index in [1.54, 1.807) is 19.1 Å². The van der Waals surface area contributed by atoms with Crippen molar-refractivity contribution in [2.75, 3.05) is 11.2 Å². The number of aromatic nitrogens is 1. The molecule has 0 bridgehead atoms. The summed E-state index contributed by atoms with van der Waals surface area (Å²) in [7, 11) is -3.71. The minimum atomic E-state index is -3.71. The first-order chi connectivity index (χ1) is 8.78. The van der Waals surface area contributed by atoms with Gasteiger partial charge < -0.3 is 4.74 Å². The molecule has 1 unspecified atom stereocenters. The lowest BCUT2D eigenvalue weighted by Crippen LogP contribution is -2.36. The smallest absolute Gasteiger partial charge is 0.416 e. The SMILES string of the molecule is CC1[C@@H](OS(C)(=O)=O)OC(=O)N1c1ccc(Br)cn1. The van der Waals surface area contributed by atoms with Crippen LogP contribution in [0.25, 0.3) is 0 Å². The van der Waals surface area contributed by atoms with Gasteiger partial charge in [-0.3, -0.25) is 4.90 Å². The Morgan fingerprint density at radius 2 is 2.16 bits per heavy atom. The Balaban J connectivity index is 2.23. The van der Waals surface area contributed by atoms with Gasteiger partial charge in [0.1, 0.15) is 11.9 Å². The maximum atomic E-state index is 11.7. The molecule has 0 saturated carbocycles. The first-order valence-electron chi connectivity index (χ1n) is 5.27. The van der Waals surface area contributed by atoms with Crippen molar-refractivity contribution >= 4 is 38.0 Å². The zero-order chi connectivity index (χ0) is 14.2. The summed E-state index contributed by atoms with van der Waals surface area (Å²) in [5.74, 6) is 0.361. The van der Waals surface area contributed by atoms with Crippen LogP contribution in [0.5, 0.6) is 0 Å². The number of carbonyl (C=O) groups is 1. The fraction of sp³-hybridized carbons (Fsp3) is 0.400. The average molecular weight is 351 g/mol. The van der Waals surface area contributed by atoms with Crippen LogP contribution < -0.4 is 4.90 Å².